The van der Waals surface area contributed by atoms with E-state index >= 15 is 0 Å². The van der Waals surface area contributed by atoms with E-state index in [1.807, 2.05) is 36.4 Å². The number of hydrogen-bond acceptors (Lipinski definition) is 2. The standard InChI is InChI=1S/C14H14N2OS/c1-2-13(17)16-14(18)15-12-8-7-10-5-3-4-6-11(10)9-12/h3-9H,2H2,1H3,(H2,15,16,17,18). The van der Waals surface area contributed by atoms with Gasteiger partial charge in [-0.05, 0) is 35.1 Å². The van der Waals surface area contributed by atoms with Crippen molar-refractivity contribution in [2.24, 2.45) is 0 Å². The van der Waals surface area contributed by atoms with Gasteiger partial charge in [-0.2, -0.15) is 0 Å². The molecule has 0 aromatic heterocycles. The number of carbonyl (C=O) groups is 1. The van der Waals surface area contributed by atoms with E-state index in [0.717, 1.165) is 11.1 Å². The first-order valence-corrected chi connectivity index (χ1v) is 6.19. The number of amides is 1. The second kappa shape index (κ2) is 5.60. The van der Waals surface area contributed by atoms with Crippen LogP contribution >= 0.6 is 12.2 Å². The van der Waals surface area contributed by atoms with Gasteiger partial charge in [0, 0.05) is 12.1 Å². The molecule has 2 aromatic carbocycles. The molecule has 0 saturated heterocycles. The molecule has 0 aliphatic rings. The predicted octanol–water partition coefficient (Wildman–Crippen LogP) is 3.06. The van der Waals surface area contributed by atoms with Gasteiger partial charge in [0.2, 0.25) is 5.91 Å². The summed E-state index contributed by atoms with van der Waals surface area (Å²) in [7, 11) is 0. The zero-order chi connectivity index (χ0) is 13.0. The molecule has 18 heavy (non-hydrogen) atoms. The van der Waals surface area contributed by atoms with Crippen molar-refractivity contribution in [1.82, 2.24) is 5.32 Å². The lowest BCUT2D eigenvalue weighted by Gasteiger charge is -2.09. The van der Waals surface area contributed by atoms with E-state index in [0.29, 0.717) is 11.5 Å². The zero-order valence-electron chi connectivity index (χ0n) is 10.1. The highest BCUT2D eigenvalue weighted by atomic mass is 32.1. The fraction of sp³-hybridized carbons (Fsp3) is 0.143. The first kappa shape index (κ1) is 12.5. The van der Waals surface area contributed by atoms with Crippen molar-refractivity contribution in [3.8, 4) is 0 Å². The molecule has 0 atom stereocenters. The quantitative estimate of drug-likeness (QED) is 0.813. The molecule has 0 bridgehead atoms. The largest absolute Gasteiger partial charge is 0.332 e. The van der Waals surface area contributed by atoms with Gasteiger partial charge in [-0.1, -0.05) is 37.3 Å². The highest BCUT2D eigenvalue weighted by Gasteiger charge is 2.02. The first-order chi connectivity index (χ1) is 8.69. The van der Waals surface area contributed by atoms with E-state index in [1.165, 1.54) is 5.39 Å². The van der Waals surface area contributed by atoms with Gasteiger partial charge in [0.25, 0.3) is 0 Å². The van der Waals surface area contributed by atoms with Crippen molar-refractivity contribution < 1.29 is 4.79 Å². The Balaban J connectivity index is 2.12. The van der Waals surface area contributed by atoms with Crippen molar-refractivity contribution >= 4 is 39.7 Å². The number of thiocarbonyl (C=S) groups is 1. The third kappa shape index (κ3) is 3.05. The molecule has 0 spiro atoms. The monoisotopic (exact) mass is 258 g/mol. The molecule has 3 nitrogen and oxygen atoms in total. The van der Waals surface area contributed by atoms with Crippen LogP contribution in [0.25, 0.3) is 10.8 Å². The Bertz CT molecular complexity index is 595. The second-order valence-electron chi connectivity index (χ2n) is 3.92. The number of rotatable bonds is 2. The van der Waals surface area contributed by atoms with Crippen LogP contribution in [0.3, 0.4) is 0 Å². The lowest BCUT2D eigenvalue weighted by molar-refractivity contribution is -0.119. The SMILES string of the molecule is CCC(=O)NC(=S)Nc1ccc2ccccc2c1. The van der Waals surface area contributed by atoms with Crippen LogP contribution in [0.4, 0.5) is 5.69 Å². The summed E-state index contributed by atoms with van der Waals surface area (Å²) >= 11 is 5.06. The van der Waals surface area contributed by atoms with Crippen LogP contribution in [0.15, 0.2) is 42.5 Å². The number of nitrogens with one attached hydrogen (secondary N) is 2. The minimum Gasteiger partial charge on any atom is -0.332 e. The summed E-state index contributed by atoms with van der Waals surface area (Å²) < 4.78 is 0. The van der Waals surface area contributed by atoms with Gasteiger partial charge in [-0.15, -0.1) is 0 Å². The zero-order valence-corrected chi connectivity index (χ0v) is 10.9. The average molecular weight is 258 g/mol. The van der Waals surface area contributed by atoms with Crippen LogP contribution in [-0.2, 0) is 4.79 Å². The van der Waals surface area contributed by atoms with Crippen LogP contribution in [0.1, 0.15) is 13.3 Å². The minimum atomic E-state index is -0.0895. The van der Waals surface area contributed by atoms with Crippen LogP contribution in [0, 0.1) is 0 Å². The molecule has 2 N–H and O–H groups in total. The van der Waals surface area contributed by atoms with E-state index in [9.17, 15) is 4.79 Å². The molecule has 1 amide bonds. The molecule has 0 aliphatic heterocycles. The maximum absolute atomic E-state index is 11.2. The molecule has 0 fully saturated rings. The number of anilines is 1. The van der Waals surface area contributed by atoms with Gasteiger partial charge < -0.3 is 10.6 Å². The molecule has 0 radical (unpaired) electrons. The second-order valence-corrected chi connectivity index (χ2v) is 4.33. The van der Waals surface area contributed by atoms with Crippen molar-refractivity contribution in [2.45, 2.75) is 13.3 Å². The van der Waals surface area contributed by atoms with E-state index in [4.69, 9.17) is 12.2 Å². The van der Waals surface area contributed by atoms with Gasteiger partial charge in [0.05, 0.1) is 0 Å². The lowest BCUT2D eigenvalue weighted by atomic mass is 10.1. The van der Waals surface area contributed by atoms with E-state index in [2.05, 4.69) is 16.7 Å². The van der Waals surface area contributed by atoms with Gasteiger partial charge in [-0.3, -0.25) is 4.79 Å². The smallest absolute Gasteiger partial charge is 0.225 e. The molecule has 0 heterocycles. The molecule has 0 saturated carbocycles. The predicted molar refractivity (Wildman–Crippen MR) is 78.6 cm³/mol. The van der Waals surface area contributed by atoms with E-state index < -0.39 is 0 Å². The van der Waals surface area contributed by atoms with Crippen molar-refractivity contribution in [3.05, 3.63) is 42.5 Å². The number of carbonyl (C=O) groups excluding carboxylic acids is 1. The van der Waals surface area contributed by atoms with E-state index in [1.54, 1.807) is 6.92 Å². The first-order valence-electron chi connectivity index (χ1n) is 5.78. The summed E-state index contributed by atoms with van der Waals surface area (Å²) in [6, 6.07) is 14.0. The summed E-state index contributed by atoms with van der Waals surface area (Å²) in [4.78, 5) is 11.2. The molecule has 4 heteroatoms. The van der Waals surface area contributed by atoms with Gasteiger partial charge in [-0.25, -0.2) is 0 Å². The highest BCUT2D eigenvalue weighted by Crippen LogP contribution is 2.18. The average Bonchev–Trinajstić information content (AvgIpc) is 2.38. The Morgan fingerprint density at radius 1 is 1.17 bits per heavy atom. The summed E-state index contributed by atoms with van der Waals surface area (Å²) in [5.74, 6) is -0.0895. The third-order valence-corrected chi connectivity index (χ3v) is 2.79. The summed E-state index contributed by atoms with van der Waals surface area (Å²) in [5, 5.41) is 8.24. The maximum Gasteiger partial charge on any atom is 0.225 e. The van der Waals surface area contributed by atoms with Crippen LogP contribution < -0.4 is 10.6 Å². The van der Waals surface area contributed by atoms with Crippen LogP contribution in [0.2, 0.25) is 0 Å². The van der Waals surface area contributed by atoms with Crippen molar-refractivity contribution in [2.75, 3.05) is 5.32 Å². The Hall–Kier alpha value is -1.94. The minimum absolute atomic E-state index is 0.0895. The summed E-state index contributed by atoms with van der Waals surface area (Å²) in [6.45, 7) is 1.79. The highest BCUT2D eigenvalue weighted by molar-refractivity contribution is 7.80. The van der Waals surface area contributed by atoms with Gasteiger partial charge in [0.1, 0.15) is 0 Å². The molecule has 0 unspecified atom stereocenters. The third-order valence-electron chi connectivity index (χ3n) is 2.58. The van der Waals surface area contributed by atoms with Crippen LogP contribution in [0.5, 0.6) is 0 Å². The Morgan fingerprint density at radius 3 is 2.61 bits per heavy atom. The molecule has 92 valence electrons. The Morgan fingerprint density at radius 2 is 1.89 bits per heavy atom. The number of hydrogen-bond donors (Lipinski definition) is 2. The van der Waals surface area contributed by atoms with Crippen molar-refractivity contribution in [3.63, 3.8) is 0 Å². The van der Waals surface area contributed by atoms with Gasteiger partial charge >= 0.3 is 0 Å². The Kier molecular flexibility index (Phi) is 3.89. The lowest BCUT2D eigenvalue weighted by Crippen LogP contribution is -2.33. The summed E-state index contributed by atoms with van der Waals surface area (Å²) in [5.41, 5.74) is 0.870. The summed E-state index contributed by atoms with van der Waals surface area (Å²) in [6.07, 6.45) is 0.416. The van der Waals surface area contributed by atoms with E-state index in [-0.39, 0.29) is 5.91 Å². The number of benzene rings is 2. The molecule has 2 aromatic rings. The molecule has 2 rings (SSSR count). The maximum atomic E-state index is 11.2. The fourth-order valence-electron chi connectivity index (χ4n) is 1.64. The molecule has 0 aliphatic carbocycles. The topological polar surface area (TPSA) is 41.1 Å². The molecular formula is C14H14N2OS. The van der Waals surface area contributed by atoms with Crippen molar-refractivity contribution in [1.29, 1.82) is 0 Å². The molecular weight excluding hydrogens is 244 g/mol. The van der Waals surface area contributed by atoms with Gasteiger partial charge in [0.15, 0.2) is 5.11 Å². The van der Waals surface area contributed by atoms with Crippen LogP contribution in [-0.4, -0.2) is 11.0 Å². The fourth-order valence-corrected chi connectivity index (χ4v) is 1.88. The Labute approximate surface area is 111 Å². The number of fused-ring (bicyclic) bond motifs is 1. The normalized spacial score (nSPS) is 10.1.